The normalized spacial score (nSPS) is 12.6. The van der Waals surface area contributed by atoms with Gasteiger partial charge >= 0.3 is 5.97 Å². The standard InChI is InChI=1S/C62H64N4O4S2/c1-8-10-13-42(9-2)38-66-59-33-24-47(60(63)45-20-29-50(30-21-45)71-49-27-18-44(19-28-49)58(35-40(5)6)65-70-41(7)67)36-54(59)55-37-56(52-14-11-12-15-53(52)61(55)66)62(68)46-22-31-51(32-23-46)72-48-25-16-43(17-26-48)57(64-69)34-39(3)4/h11-12,14-33,36-37,39-40,42,63,69H,8-10,13,34-35,38H2,1-7H3/b63-60?,64-57+,65-58+. The highest BCUT2D eigenvalue weighted by Gasteiger charge is 2.23. The monoisotopic (exact) mass is 992 g/mol. The summed E-state index contributed by atoms with van der Waals surface area (Å²) in [6.45, 7) is 15.2. The van der Waals surface area contributed by atoms with Gasteiger partial charge in [-0.2, -0.15) is 0 Å². The molecule has 0 saturated carbocycles. The Morgan fingerprint density at radius 2 is 1.14 bits per heavy atom. The van der Waals surface area contributed by atoms with Gasteiger partial charge in [0.05, 0.1) is 22.7 Å². The van der Waals surface area contributed by atoms with Crippen LogP contribution in [0.15, 0.2) is 175 Å². The van der Waals surface area contributed by atoms with Crippen LogP contribution >= 0.6 is 23.5 Å². The molecule has 7 aromatic carbocycles. The van der Waals surface area contributed by atoms with Crippen molar-refractivity contribution in [2.45, 2.75) is 113 Å². The smallest absolute Gasteiger partial charge is 0.331 e. The van der Waals surface area contributed by atoms with Crippen molar-refractivity contribution in [3.63, 3.8) is 0 Å². The van der Waals surface area contributed by atoms with Gasteiger partial charge in [0.25, 0.3) is 0 Å². The second-order valence-corrected chi connectivity index (χ2v) is 21.8. The first-order valence-corrected chi connectivity index (χ1v) is 26.8. The van der Waals surface area contributed by atoms with Crippen LogP contribution < -0.4 is 0 Å². The molecular weight excluding hydrogens is 929 g/mol. The molecule has 0 amide bonds. The van der Waals surface area contributed by atoms with Crippen LogP contribution in [0.3, 0.4) is 0 Å². The lowest BCUT2D eigenvalue weighted by molar-refractivity contribution is -0.140. The average Bonchev–Trinajstić information content (AvgIpc) is 3.70. The van der Waals surface area contributed by atoms with Crippen LogP contribution in [-0.4, -0.2) is 38.7 Å². The highest BCUT2D eigenvalue weighted by atomic mass is 32.2. The van der Waals surface area contributed by atoms with Crippen molar-refractivity contribution >= 4 is 85.0 Å². The Kier molecular flexibility index (Phi) is 16.9. The van der Waals surface area contributed by atoms with Gasteiger partial charge in [-0.3, -0.25) is 10.2 Å². The topological polar surface area (TPSA) is 117 Å². The summed E-state index contributed by atoms with van der Waals surface area (Å²) in [4.78, 5) is 35.4. The third-order valence-corrected chi connectivity index (χ3v) is 15.1. The van der Waals surface area contributed by atoms with Crippen LogP contribution in [-0.2, 0) is 16.2 Å². The lowest BCUT2D eigenvalue weighted by atomic mass is 9.94. The molecule has 0 aliphatic heterocycles. The number of ketones is 1. The van der Waals surface area contributed by atoms with Gasteiger partial charge in [-0.25, -0.2) is 4.79 Å². The van der Waals surface area contributed by atoms with E-state index in [2.05, 4.69) is 123 Å². The fourth-order valence-electron chi connectivity index (χ4n) is 9.38. The van der Waals surface area contributed by atoms with Crippen molar-refractivity contribution in [3.8, 4) is 0 Å². The molecule has 72 heavy (non-hydrogen) atoms. The fraction of sp³-hybridized carbons (Fsp3) is 0.274. The second-order valence-electron chi connectivity index (χ2n) is 19.5. The van der Waals surface area contributed by atoms with Crippen molar-refractivity contribution in [2.75, 3.05) is 0 Å². The highest BCUT2D eigenvalue weighted by Crippen LogP contribution is 2.39. The molecular formula is C62H64N4O4S2. The van der Waals surface area contributed by atoms with E-state index in [4.69, 9.17) is 4.84 Å². The number of hydrogen-bond acceptors (Lipinski definition) is 9. The first-order chi connectivity index (χ1) is 34.8. The summed E-state index contributed by atoms with van der Waals surface area (Å²) in [5, 5.41) is 30.8. The SMILES string of the molecule is CCCCC(CC)Cn1c2ccc(C(=N)c3ccc(Sc4ccc(/C(CC(C)C)=N/OC(C)=O)cc4)cc3)cc2c2cc(C(=O)c3ccc(Sc4ccc(/C(CC(C)C)=N/O)cc4)cc3)c3ccccc3c21. The predicted octanol–water partition coefficient (Wildman–Crippen LogP) is 16.7. The lowest BCUT2D eigenvalue weighted by Gasteiger charge is -2.18. The Bertz CT molecular complexity index is 3280. The number of carbonyl (C=O) groups is 2. The van der Waals surface area contributed by atoms with Crippen LogP contribution in [0.1, 0.15) is 125 Å². The number of rotatable bonds is 21. The molecule has 8 rings (SSSR count). The summed E-state index contributed by atoms with van der Waals surface area (Å²) in [7, 11) is 0. The fourth-order valence-corrected chi connectivity index (χ4v) is 11.0. The molecule has 368 valence electrons. The zero-order valence-corrected chi connectivity index (χ0v) is 44.0. The maximum Gasteiger partial charge on any atom is 0.331 e. The molecule has 0 saturated heterocycles. The minimum Gasteiger partial charge on any atom is -0.411 e. The Labute approximate surface area is 432 Å². The first kappa shape index (κ1) is 51.6. The van der Waals surface area contributed by atoms with Gasteiger partial charge in [-0.1, -0.05) is 161 Å². The quantitative estimate of drug-likeness (QED) is 0.0243. The summed E-state index contributed by atoms with van der Waals surface area (Å²) >= 11 is 3.27. The van der Waals surface area contributed by atoms with Gasteiger partial charge in [0.15, 0.2) is 5.78 Å². The van der Waals surface area contributed by atoms with Crippen molar-refractivity contribution in [1.29, 1.82) is 5.41 Å². The largest absolute Gasteiger partial charge is 0.411 e. The van der Waals surface area contributed by atoms with Gasteiger partial charge in [-0.15, -0.1) is 0 Å². The summed E-state index contributed by atoms with van der Waals surface area (Å²) in [6, 6.07) is 49.0. The Morgan fingerprint density at radius 1 is 0.625 bits per heavy atom. The molecule has 8 nitrogen and oxygen atoms in total. The van der Waals surface area contributed by atoms with E-state index in [1.165, 1.54) is 13.3 Å². The molecule has 0 spiro atoms. The summed E-state index contributed by atoms with van der Waals surface area (Å²) in [6.07, 6.45) is 5.93. The van der Waals surface area contributed by atoms with Crippen LogP contribution in [0.2, 0.25) is 0 Å². The van der Waals surface area contributed by atoms with E-state index in [1.54, 1.807) is 23.5 Å². The summed E-state index contributed by atoms with van der Waals surface area (Å²) in [5.41, 5.74) is 8.80. The molecule has 0 bridgehead atoms. The number of nitrogens with zero attached hydrogens (tertiary/aromatic N) is 3. The molecule has 0 aliphatic carbocycles. The van der Waals surface area contributed by atoms with Gasteiger partial charge in [0, 0.05) is 77.0 Å². The van der Waals surface area contributed by atoms with Crippen LogP contribution in [0, 0.1) is 23.2 Å². The van der Waals surface area contributed by atoms with E-state index in [0.717, 1.165) is 106 Å². The third-order valence-electron chi connectivity index (χ3n) is 13.1. The average molecular weight is 993 g/mol. The van der Waals surface area contributed by atoms with E-state index in [0.29, 0.717) is 53.1 Å². The van der Waals surface area contributed by atoms with Gasteiger partial charge in [0.2, 0.25) is 0 Å². The van der Waals surface area contributed by atoms with Crippen molar-refractivity contribution < 1.29 is 19.6 Å². The van der Waals surface area contributed by atoms with E-state index >= 15 is 0 Å². The Balaban J connectivity index is 1.10. The number of oxime groups is 2. The maximum absolute atomic E-state index is 14.8. The van der Waals surface area contributed by atoms with Crippen LogP contribution in [0.25, 0.3) is 32.6 Å². The van der Waals surface area contributed by atoms with Gasteiger partial charge < -0.3 is 14.6 Å². The number of aromatic nitrogens is 1. The van der Waals surface area contributed by atoms with Crippen molar-refractivity contribution in [1.82, 2.24) is 4.57 Å². The highest BCUT2D eigenvalue weighted by molar-refractivity contribution is 7.99. The van der Waals surface area contributed by atoms with Crippen LogP contribution in [0.4, 0.5) is 0 Å². The van der Waals surface area contributed by atoms with E-state index in [1.807, 2.05) is 78.9 Å². The van der Waals surface area contributed by atoms with Gasteiger partial charge in [-0.05, 0) is 132 Å². The van der Waals surface area contributed by atoms with Crippen molar-refractivity contribution in [3.05, 3.63) is 179 Å². The van der Waals surface area contributed by atoms with E-state index in [-0.39, 0.29) is 5.78 Å². The molecule has 0 radical (unpaired) electrons. The molecule has 1 unspecified atom stereocenters. The number of benzene rings is 7. The number of hydrogen-bond donors (Lipinski definition) is 2. The molecule has 2 N–H and O–H groups in total. The summed E-state index contributed by atoms with van der Waals surface area (Å²) in [5.74, 6) is 0.740. The van der Waals surface area contributed by atoms with E-state index < -0.39 is 5.97 Å². The third kappa shape index (κ3) is 12.1. The van der Waals surface area contributed by atoms with Crippen LogP contribution in [0.5, 0.6) is 0 Å². The molecule has 10 heteroatoms. The molecule has 1 atom stereocenters. The summed E-state index contributed by atoms with van der Waals surface area (Å²) < 4.78 is 2.48. The molecule has 1 aromatic heterocycles. The predicted molar refractivity (Wildman–Crippen MR) is 299 cm³/mol. The molecule has 8 aromatic rings. The van der Waals surface area contributed by atoms with E-state index in [9.17, 15) is 20.2 Å². The second kappa shape index (κ2) is 23.7. The number of carbonyl (C=O) groups excluding carboxylic acids is 2. The molecule has 0 aliphatic rings. The number of fused-ring (bicyclic) bond motifs is 5. The Morgan fingerprint density at radius 3 is 1.67 bits per heavy atom. The minimum absolute atomic E-state index is 0.0351. The van der Waals surface area contributed by atoms with Crippen molar-refractivity contribution in [2.24, 2.45) is 28.1 Å². The lowest BCUT2D eigenvalue weighted by Crippen LogP contribution is -2.10. The number of nitrogens with one attached hydrogen (secondary N) is 1. The first-order valence-electron chi connectivity index (χ1n) is 25.2. The molecule has 0 fully saturated rings. The Hall–Kier alpha value is -6.75. The number of unbranched alkanes of at least 4 members (excludes halogenated alkanes) is 1. The maximum atomic E-state index is 14.8. The molecule has 1 heterocycles. The zero-order chi connectivity index (χ0) is 50.9. The zero-order valence-electron chi connectivity index (χ0n) is 42.4. The minimum atomic E-state index is -0.441. The van der Waals surface area contributed by atoms with Gasteiger partial charge in [0.1, 0.15) is 0 Å².